The highest BCUT2D eigenvalue weighted by molar-refractivity contribution is 7.80. The topological polar surface area (TPSA) is 24.1 Å². The summed E-state index contributed by atoms with van der Waals surface area (Å²) in [5, 5.41) is 8.31. The van der Waals surface area contributed by atoms with Gasteiger partial charge >= 0.3 is 0 Å². The molecule has 2 aromatic rings. The van der Waals surface area contributed by atoms with Gasteiger partial charge in [-0.25, -0.2) is 0 Å². The lowest BCUT2D eigenvalue weighted by Gasteiger charge is -2.33. The molecule has 1 fully saturated rings. The third-order valence-electron chi connectivity index (χ3n) is 4.48. The smallest absolute Gasteiger partial charge is 0.171 e. The molecule has 3 rings (SSSR count). The van der Waals surface area contributed by atoms with E-state index in [1.807, 2.05) is 30.3 Å². The molecule has 0 radical (unpaired) electrons. The molecule has 0 amide bonds. The molecule has 0 heterocycles. The Morgan fingerprint density at radius 2 is 1.83 bits per heavy atom. The highest BCUT2D eigenvalue weighted by Crippen LogP contribution is 2.41. The van der Waals surface area contributed by atoms with Crippen LogP contribution in [0.15, 0.2) is 48.5 Å². The van der Waals surface area contributed by atoms with Gasteiger partial charge in [-0.2, -0.15) is 0 Å². The van der Waals surface area contributed by atoms with Gasteiger partial charge in [-0.15, -0.1) is 0 Å². The van der Waals surface area contributed by atoms with E-state index in [1.54, 1.807) is 0 Å². The molecule has 0 unspecified atom stereocenters. The molecule has 1 aliphatic carbocycles. The minimum Gasteiger partial charge on any atom is -0.353 e. The summed E-state index contributed by atoms with van der Waals surface area (Å²) in [7, 11) is 0. The standard InChI is InChI=1S/C19H21ClN2S/c1-14-7-6-8-15(13-14)21-18(23)22-19(11-4-5-12-19)16-9-2-3-10-17(16)20/h2-3,6-10,13H,4-5,11-12H2,1H3,(H2,21,22,23). The average molecular weight is 345 g/mol. The molecule has 0 saturated heterocycles. The molecule has 1 saturated carbocycles. The van der Waals surface area contributed by atoms with Gasteiger partial charge in [0.2, 0.25) is 0 Å². The van der Waals surface area contributed by atoms with E-state index in [2.05, 4.69) is 35.8 Å². The normalized spacial score (nSPS) is 16.1. The Hall–Kier alpha value is -1.58. The van der Waals surface area contributed by atoms with Crippen LogP contribution < -0.4 is 10.6 Å². The van der Waals surface area contributed by atoms with Crippen molar-refractivity contribution in [1.29, 1.82) is 0 Å². The number of rotatable bonds is 3. The fraction of sp³-hybridized carbons (Fsp3) is 0.316. The Morgan fingerprint density at radius 3 is 2.52 bits per heavy atom. The quantitative estimate of drug-likeness (QED) is 0.728. The predicted octanol–water partition coefficient (Wildman–Crippen LogP) is 5.40. The Kier molecular flexibility index (Phi) is 4.88. The maximum Gasteiger partial charge on any atom is 0.171 e. The van der Waals surface area contributed by atoms with Crippen molar-refractivity contribution in [2.45, 2.75) is 38.1 Å². The number of hydrogen-bond donors (Lipinski definition) is 2. The van der Waals surface area contributed by atoms with Crippen molar-refractivity contribution in [2.75, 3.05) is 5.32 Å². The van der Waals surface area contributed by atoms with Crippen LogP contribution in [0.2, 0.25) is 5.02 Å². The Labute approximate surface area is 148 Å². The highest BCUT2D eigenvalue weighted by atomic mass is 35.5. The summed E-state index contributed by atoms with van der Waals surface area (Å²) in [6.07, 6.45) is 4.47. The van der Waals surface area contributed by atoms with Gasteiger partial charge in [0.15, 0.2) is 5.11 Å². The molecule has 1 aliphatic rings. The van der Waals surface area contributed by atoms with Crippen LogP contribution in [0.3, 0.4) is 0 Å². The first-order chi connectivity index (χ1) is 11.1. The van der Waals surface area contributed by atoms with Gasteiger partial charge in [-0.1, -0.05) is 54.8 Å². The van der Waals surface area contributed by atoms with E-state index in [1.165, 1.54) is 18.4 Å². The van der Waals surface area contributed by atoms with Crippen LogP contribution >= 0.6 is 23.8 Å². The molecule has 0 bridgehead atoms. The number of nitrogens with one attached hydrogen (secondary N) is 2. The minimum atomic E-state index is -0.160. The highest BCUT2D eigenvalue weighted by Gasteiger charge is 2.37. The van der Waals surface area contributed by atoms with Crippen molar-refractivity contribution >= 4 is 34.6 Å². The first kappa shape index (κ1) is 16.3. The lowest BCUT2D eigenvalue weighted by atomic mass is 9.88. The molecule has 0 spiro atoms. The van der Waals surface area contributed by atoms with Gasteiger partial charge in [0.25, 0.3) is 0 Å². The number of halogens is 1. The summed E-state index contributed by atoms with van der Waals surface area (Å²) in [6, 6.07) is 16.3. The Morgan fingerprint density at radius 1 is 1.09 bits per heavy atom. The predicted molar refractivity (Wildman–Crippen MR) is 102 cm³/mol. The number of benzene rings is 2. The van der Waals surface area contributed by atoms with Crippen LogP contribution in [-0.2, 0) is 5.54 Å². The molecule has 2 nitrogen and oxygen atoms in total. The molecule has 0 aliphatic heterocycles. The first-order valence-electron chi connectivity index (χ1n) is 8.00. The molecule has 0 atom stereocenters. The van der Waals surface area contributed by atoms with Crippen LogP contribution in [0.1, 0.15) is 36.8 Å². The molecule has 2 N–H and O–H groups in total. The van der Waals surface area contributed by atoms with Crippen LogP contribution in [0.25, 0.3) is 0 Å². The van der Waals surface area contributed by atoms with E-state index in [0.29, 0.717) is 5.11 Å². The van der Waals surface area contributed by atoms with Crippen LogP contribution in [0, 0.1) is 6.92 Å². The van der Waals surface area contributed by atoms with E-state index < -0.39 is 0 Å². The summed E-state index contributed by atoms with van der Waals surface area (Å²) in [4.78, 5) is 0. The SMILES string of the molecule is Cc1cccc(NC(=S)NC2(c3ccccc3Cl)CCCC2)c1. The van der Waals surface area contributed by atoms with E-state index in [0.717, 1.165) is 29.1 Å². The number of hydrogen-bond acceptors (Lipinski definition) is 1. The second-order valence-electron chi connectivity index (χ2n) is 6.22. The summed E-state index contributed by atoms with van der Waals surface area (Å²) < 4.78 is 0. The van der Waals surface area contributed by atoms with Crippen molar-refractivity contribution in [3.8, 4) is 0 Å². The number of anilines is 1. The zero-order valence-electron chi connectivity index (χ0n) is 13.2. The van der Waals surface area contributed by atoms with Gasteiger partial charge in [0.1, 0.15) is 0 Å². The Bertz CT molecular complexity index is 708. The monoisotopic (exact) mass is 344 g/mol. The van der Waals surface area contributed by atoms with E-state index in [-0.39, 0.29) is 5.54 Å². The first-order valence-corrected chi connectivity index (χ1v) is 8.79. The number of thiocarbonyl (C=S) groups is 1. The number of aryl methyl sites for hydroxylation is 1. The lowest BCUT2D eigenvalue weighted by Crippen LogP contribution is -2.45. The Balaban J connectivity index is 1.80. The van der Waals surface area contributed by atoms with Crippen LogP contribution in [0.4, 0.5) is 5.69 Å². The molecular weight excluding hydrogens is 324 g/mol. The van der Waals surface area contributed by atoms with Gasteiger partial charge in [0.05, 0.1) is 5.54 Å². The van der Waals surface area contributed by atoms with Crippen molar-refractivity contribution in [2.24, 2.45) is 0 Å². The molecule has 4 heteroatoms. The zero-order valence-corrected chi connectivity index (χ0v) is 14.8. The van der Waals surface area contributed by atoms with Crippen LogP contribution in [-0.4, -0.2) is 5.11 Å². The van der Waals surface area contributed by atoms with Gasteiger partial charge < -0.3 is 10.6 Å². The average Bonchev–Trinajstić information content (AvgIpc) is 2.97. The molecule has 120 valence electrons. The second-order valence-corrected chi connectivity index (χ2v) is 7.03. The largest absolute Gasteiger partial charge is 0.353 e. The third kappa shape index (κ3) is 3.67. The van der Waals surface area contributed by atoms with Gasteiger partial charge in [0, 0.05) is 10.7 Å². The molecule has 23 heavy (non-hydrogen) atoms. The summed E-state index contributed by atoms with van der Waals surface area (Å²) in [6.45, 7) is 2.07. The third-order valence-corrected chi connectivity index (χ3v) is 5.01. The van der Waals surface area contributed by atoms with Crippen LogP contribution in [0.5, 0.6) is 0 Å². The van der Waals surface area contributed by atoms with Crippen molar-refractivity contribution in [3.63, 3.8) is 0 Å². The maximum absolute atomic E-state index is 6.45. The van der Waals surface area contributed by atoms with E-state index in [9.17, 15) is 0 Å². The second kappa shape index (κ2) is 6.90. The fourth-order valence-corrected chi connectivity index (χ4v) is 4.02. The van der Waals surface area contributed by atoms with Crippen molar-refractivity contribution in [1.82, 2.24) is 5.32 Å². The zero-order chi connectivity index (χ0) is 16.3. The van der Waals surface area contributed by atoms with Gasteiger partial charge in [-0.05, 0) is 61.3 Å². The summed E-state index contributed by atoms with van der Waals surface area (Å²) in [5.41, 5.74) is 3.20. The molecule has 2 aromatic carbocycles. The molecular formula is C19H21ClN2S. The maximum atomic E-state index is 6.45. The summed E-state index contributed by atoms with van der Waals surface area (Å²) >= 11 is 12.0. The van der Waals surface area contributed by atoms with Crippen molar-refractivity contribution < 1.29 is 0 Å². The summed E-state index contributed by atoms with van der Waals surface area (Å²) in [5.74, 6) is 0. The van der Waals surface area contributed by atoms with Gasteiger partial charge in [-0.3, -0.25) is 0 Å². The fourth-order valence-electron chi connectivity index (χ4n) is 3.39. The van der Waals surface area contributed by atoms with E-state index in [4.69, 9.17) is 23.8 Å². The van der Waals surface area contributed by atoms with E-state index >= 15 is 0 Å². The lowest BCUT2D eigenvalue weighted by molar-refractivity contribution is 0.408. The van der Waals surface area contributed by atoms with Crippen molar-refractivity contribution in [3.05, 3.63) is 64.7 Å². The minimum absolute atomic E-state index is 0.160. The molecule has 0 aromatic heterocycles.